The lowest BCUT2D eigenvalue weighted by atomic mass is 9.98. The average molecular weight is 1370 g/mol. The van der Waals surface area contributed by atoms with Crippen LogP contribution in [0, 0.1) is 18.6 Å². The first kappa shape index (κ1) is 44.7. The van der Waals surface area contributed by atoms with Gasteiger partial charge in [-0.1, -0.05) is 148 Å². The number of likely N-dealkylation sites (N-methyl/N-ethyl adjacent to an activating group) is 2. The molecule has 2 aliphatic carbocycles. The summed E-state index contributed by atoms with van der Waals surface area (Å²) in [5, 5.41) is -0.502. The van der Waals surface area contributed by atoms with E-state index in [1.54, 1.807) is 35.4 Å². The number of fused-ring (bicyclic) bond motifs is 2. The number of alkyl halides is 6. The van der Waals surface area contributed by atoms with Crippen LogP contribution >= 0.6 is 23.5 Å². The second-order valence-corrected chi connectivity index (χ2v) is 22.9. The smallest absolute Gasteiger partial charge is 0.336 e. The summed E-state index contributed by atoms with van der Waals surface area (Å²) < 4.78 is 326. The van der Waals surface area contributed by atoms with Gasteiger partial charge in [0.2, 0.25) is 11.8 Å². The number of hydrogen-bond acceptors (Lipinski definition) is 10. The van der Waals surface area contributed by atoms with Crippen LogP contribution in [0.1, 0.15) is 136 Å². The van der Waals surface area contributed by atoms with Crippen LogP contribution in [-0.2, 0) is 85.1 Å². The van der Waals surface area contributed by atoms with E-state index in [0.717, 1.165) is 48.3 Å². The van der Waals surface area contributed by atoms with Gasteiger partial charge in [-0.05, 0) is 164 Å². The topological polar surface area (TPSA) is 117 Å². The molecular weight excluding hydrogens is 1270 g/mol. The molecule has 2 aliphatic rings. The van der Waals surface area contributed by atoms with Crippen molar-refractivity contribution in [2.24, 2.45) is 0 Å². The van der Waals surface area contributed by atoms with Crippen LogP contribution in [0.25, 0.3) is 22.3 Å². The molecule has 2 aromatic heterocycles. The van der Waals surface area contributed by atoms with E-state index in [9.17, 15) is 59.8 Å². The van der Waals surface area contributed by atoms with E-state index in [0.29, 0.717) is 81.7 Å². The van der Waals surface area contributed by atoms with Crippen molar-refractivity contribution in [1.29, 1.82) is 0 Å². The van der Waals surface area contributed by atoms with Crippen LogP contribution in [0.15, 0.2) is 159 Å². The first-order chi connectivity index (χ1) is 55.3. The molecule has 8 aromatic rings. The van der Waals surface area contributed by atoms with Crippen molar-refractivity contribution in [3.8, 4) is 22.3 Å². The molecule has 10 rings (SSSR count). The van der Waals surface area contributed by atoms with E-state index < -0.39 is 252 Å². The maximum absolute atomic E-state index is 14.9. The number of rotatable bonds is 26. The maximum atomic E-state index is 14.9. The zero-order valence-electron chi connectivity index (χ0n) is 76.7. The van der Waals surface area contributed by atoms with E-state index in [-0.39, 0.29) is 17.3 Å². The van der Waals surface area contributed by atoms with E-state index in [1.165, 1.54) is 60.3 Å². The molecule has 0 fully saturated rings. The number of thioether (sulfide) groups is 2. The normalized spacial score (nSPS) is 18.8. The van der Waals surface area contributed by atoms with Crippen LogP contribution in [-0.4, -0.2) is 103 Å². The highest BCUT2D eigenvalue weighted by molar-refractivity contribution is 7.98. The van der Waals surface area contributed by atoms with Crippen LogP contribution in [0.2, 0.25) is 0 Å². The predicted molar refractivity (Wildman–Crippen MR) is 358 cm³/mol. The van der Waals surface area contributed by atoms with Crippen molar-refractivity contribution in [3.63, 3.8) is 0 Å². The molecule has 0 spiro atoms. The second-order valence-electron chi connectivity index (χ2n) is 21.0. The number of amides is 2. The molecule has 0 radical (unpaired) electrons. The summed E-state index contributed by atoms with van der Waals surface area (Å²) in [7, 11) is 0. The Morgan fingerprint density at radius 2 is 1.07 bits per heavy atom. The van der Waals surface area contributed by atoms with Gasteiger partial charge in [0.05, 0.1) is 31.7 Å². The van der Waals surface area contributed by atoms with Gasteiger partial charge in [-0.2, -0.15) is 36.3 Å². The van der Waals surface area contributed by atoms with Gasteiger partial charge in [0.1, 0.15) is 24.7 Å². The van der Waals surface area contributed by atoms with Gasteiger partial charge in [-0.15, -0.1) is 0 Å². The Balaban J connectivity index is 0.000000280. The van der Waals surface area contributed by atoms with Crippen molar-refractivity contribution in [2.45, 2.75) is 133 Å². The van der Waals surface area contributed by atoms with Gasteiger partial charge in [-0.3, -0.25) is 19.2 Å². The van der Waals surface area contributed by atoms with E-state index in [4.69, 9.17) is 28.8 Å². The summed E-state index contributed by atoms with van der Waals surface area (Å²) in [5.74, 6) is -4.47. The first-order valence-corrected chi connectivity index (χ1v) is 31.4. The van der Waals surface area contributed by atoms with Crippen molar-refractivity contribution in [2.75, 3.05) is 52.3 Å². The number of carbonyl (C=O) groups excluding carboxylic acids is 2. The third-order valence-corrected chi connectivity index (χ3v) is 17.0. The lowest BCUT2D eigenvalue weighted by molar-refractivity contribution is -0.138. The standard InChI is InChI=1S/C37H40F4N4O2S.C36H38F4N4O2S/c1-4-43(5-2)19-20-44(22-26-9-13-28(14-10-26)29-15-18-32(25(3)21-29)37(39,40)41)34(46)23-45-33-8-6-7-31(33)35(47)42-36(45)48-24-27-11-16-30(38)17-12-27;1-3-42(4-2)20-21-43(22-25-8-12-27(13-9-25)28-14-16-29(17-15-28)36(38,39)40)33(45)23-44-32-7-5-6-31(32)34(46)41-35(44)47-24-26-10-18-30(37)19-11-26/h9-18,21H,4-8,19-20,22-24H2,1-3H3;8-19H,3-7,20-24H2,1-2H3/i6D2,7D2,8D2,9D,10D,11D,12D,13D,14D,15D,16D,17D,18D,21D,22D2;3D2,4D2,22D2. The SMILES string of the molecule is [2H]C([2H])(C)N(CCN(C(=O)Cn1c(SCc2ccc(F)cc2)nc(=O)c2c1CCC2)C([2H])([2H])c1ccc(-c2ccc(C(F)(F)F)cc2)cc1)C([2H])([2H])C.[2H]c1c([2H])c(CSc2nc(=O)c3c(n2CC(=O)N(CCN(CC)CC)C([2H])([2H])c2c([2H])c([2H])c(-c4c([2H])c([2H])c(C(F)(F)F)c(C)c4[2H])c([2H])c2[2H])C([2H])([2H])C([2H])([2H])C3([2H])[2H])c([2H])c([2H])c1F. The number of aromatic nitrogens is 4. The zero-order chi connectivity index (χ0) is 90.1. The second kappa shape index (κ2) is 32.7. The summed E-state index contributed by atoms with van der Waals surface area (Å²) >= 11 is 1.52. The molecule has 0 atom stereocenters. The van der Waals surface area contributed by atoms with Crippen molar-refractivity contribution >= 4 is 35.3 Å². The van der Waals surface area contributed by atoms with Gasteiger partial charge in [0.15, 0.2) is 10.3 Å². The number of halogens is 8. The van der Waals surface area contributed by atoms with Crippen LogP contribution < -0.4 is 11.1 Å². The molecule has 0 aliphatic heterocycles. The Morgan fingerprint density at radius 3 is 1.64 bits per heavy atom. The molecule has 0 N–H and O–H groups in total. The maximum Gasteiger partial charge on any atom is 0.416 e. The molecule has 502 valence electrons. The average Bonchev–Trinajstić information content (AvgIpc) is 1.52. The Labute approximate surface area is 592 Å². The van der Waals surface area contributed by atoms with Gasteiger partial charge in [0.25, 0.3) is 11.1 Å². The minimum Gasteiger partial charge on any atom is -0.336 e. The summed E-state index contributed by atoms with van der Waals surface area (Å²) in [6.07, 6.45) is -18.6. The van der Waals surface area contributed by atoms with E-state index >= 15 is 0 Å². The van der Waals surface area contributed by atoms with Gasteiger partial charge >= 0.3 is 12.4 Å². The van der Waals surface area contributed by atoms with E-state index in [2.05, 4.69) is 9.97 Å². The van der Waals surface area contributed by atoms with Crippen molar-refractivity contribution in [1.82, 2.24) is 38.7 Å². The molecule has 12 nitrogen and oxygen atoms in total. The van der Waals surface area contributed by atoms with Gasteiger partial charge in [-0.25, -0.2) is 8.78 Å². The lowest BCUT2D eigenvalue weighted by Crippen LogP contribution is -2.40. The number of benzene rings is 6. The number of nitrogens with zero attached hydrogens (tertiary/aromatic N) is 8. The fraction of sp³-hybridized carbons (Fsp3) is 0.370. The molecule has 6 aromatic carbocycles. The summed E-state index contributed by atoms with van der Waals surface area (Å²) in [6, 6.07) is 3.65. The van der Waals surface area contributed by atoms with Crippen molar-refractivity contribution in [3.05, 3.63) is 233 Å². The Hall–Kier alpha value is -7.92. The lowest BCUT2D eigenvalue weighted by Gasteiger charge is -2.28. The number of hydrogen-bond donors (Lipinski definition) is 0. The van der Waals surface area contributed by atoms with Crippen LogP contribution in [0.5, 0.6) is 0 Å². The van der Waals surface area contributed by atoms with Crippen LogP contribution in [0.4, 0.5) is 35.1 Å². The van der Waals surface area contributed by atoms with Crippen molar-refractivity contribution < 1.29 is 79.0 Å². The molecule has 0 unspecified atom stereocenters. The minimum absolute atomic E-state index is 0.0150. The highest BCUT2D eigenvalue weighted by Crippen LogP contribution is 2.36. The fourth-order valence-electron chi connectivity index (χ4n) is 9.83. The summed E-state index contributed by atoms with van der Waals surface area (Å²) in [6.45, 7) is -6.61. The van der Waals surface area contributed by atoms with E-state index in [1.807, 2.05) is 0 Å². The highest BCUT2D eigenvalue weighted by atomic mass is 32.2. The third kappa shape index (κ3) is 19.0. The molecule has 2 heterocycles. The summed E-state index contributed by atoms with van der Waals surface area (Å²) in [5.41, 5.74) is -8.20. The van der Waals surface area contributed by atoms with Gasteiger partial charge in [0, 0.05) is 86.9 Å². The van der Waals surface area contributed by atoms with Crippen LogP contribution in [0.3, 0.4) is 0 Å². The largest absolute Gasteiger partial charge is 0.416 e. The summed E-state index contributed by atoms with van der Waals surface area (Å²) in [4.78, 5) is 67.8. The zero-order valence-corrected chi connectivity index (χ0v) is 53.3. The molecule has 95 heavy (non-hydrogen) atoms. The molecule has 0 bridgehead atoms. The molecule has 22 heteroatoms. The first-order valence-electron chi connectivity index (χ1n) is 42.0. The van der Waals surface area contributed by atoms with Gasteiger partial charge < -0.3 is 28.7 Å². The molecule has 0 saturated carbocycles. The molecule has 2 amide bonds. The highest BCUT2D eigenvalue weighted by Gasteiger charge is 2.33. The Kier molecular flexibility index (Phi) is 15.4. The third-order valence-electron chi connectivity index (χ3n) is 14.9. The monoisotopic (exact) mass is 1370 g/mol. The quantitative estimate of drug-likeness (QED) is 0.0295. The minimum atomic E-state index is -5.20. The predicted octanol–water partition coefficient (Wildman–Crippen LogP) is 14.7. The molecular formula is C73H78F8N8O4S2. The number of carbonyl (C=O) groups is 2. The Bertz CT molecular complexity index is 5310. The fourth-order valence-corrected chi connectivity index (χ4v) is 11.7. The Morgan fingerprint density at radius 1 is 0.558 bits per heavy atom. The molecule has 0 saturated heterocycles.